The Labute approximate surface area is 118 Å². The minimum absolute atomic E-state index is 0.0139. The summed E-state index contributed by atoms with van der Waals surface area (Å²) in [7, 11) is 0. The van der Waals surface area contributed by atoms with E-state index in [0.717, 1.165) is 38.9 Å². The average molecular weight is 281 g/mol. The first-order valence-electron chi connectivity index (χ1n) is 7.10. The van der Waals surface area contributed by atoms with E-state index in [2.05, 4.69) is 0 Å². The van der Waals surface area contributed by atoms with Gasteiger partial charge in [0.1, 0.15) is 6.10 Å². The summed E-state index contributed by atoms with van der Waals surface area (Å²) in [5.74, 6) is -0.133. The molecule has 20 heavy (non-hydrogen) atoms. The van der Waals surface area contributed by atoms with Gasteiger partial charge in [-0.15, -0.1) is 0 Å². The maximum absolute atomic E-state index is 13.8. The fourth-order valence-corrected chi connectivity index (χ4v) is 2.97. The minimum atomic E-state index is -0.405. The van der Waals surface area contributed by atoms with Gasteiger partial charge in [-0.05, 0) is 25.0 Å². The first kappa shape index (κ1) is 13.6. The van der Waals surface area contributed by atoms with Gasteiger partial charge in [-0.25, -0.2) is 4.39 Å². The van der Waals surface area contributed by atoms with Gasteiger partial charge in [0.2, 0.25) is 0 Å². The molecule has 2 heterocycles. The average Bonchev–Trinajstić information content (AvgIpc) is 2.43. The molecule has 5 heteroatoms. The maximum Gasteiger partial charge on any atom is 0.167 e. The van der Waals surface area contributed by atoms with Gasteiger partial charge in [0.25, 0.3) is 0 Å². The molecule has 1 atom stereocenters. The van der Waals surface area contributed by atoms with Gasteiger partial charge in [0.15, 0.2) is 11.6 Å². The quantitative estimate of drug-likeness (QED) is 0.846. The monoisotopic (exact) mass is 281 g/mol. The Morgan fingerprint density at radius 2 is 2.05 bits per heavy atom. The van der Waals surface area contributed by atoms with Crippen molar-refractivity contribution in [3.8, 4) is 5.75 Å². The van der Waals surface area contributed by atoms with Crippen molar-refractivity contribution in [1.29, 1.82) is 0 Å². The number of nitrogens with two attached hydrogens (primary N) is 1. The third-order valence-electron chi connectivity index (χ3n) is 4.10. The standard InChI is InChI=1S/C15H20FNO3/c16-13-9-11(17)1-2-14(13)20-12-3-6-19-15(10-12)4-7-18-8-5-15/h1-2,9,12H,3-8,10,17H2. The molecule has 0 amide bonds. The Balaban J connectivity index is 1.68. The molecular weight excluding hydrogens is 261 g/mol. The Morgan fingerprint density at radius 3 is 2.80 bits per heavy atom. The molecule has 1 spiro atoms. The minimum Gasteiger partial charge on any atom is -0.487 e. The van der Waals surface area contributed by atoms with E-state index in [9.17, 15) is 4.39 Å². The number of hydrogen-bond acceptors (Lipinski definition) is 4. The van der Waals surface area contributed by atoms with Gasteiger partial charge in [0, 0.05) is 37.8 Å². The lowest BCUT2D eigenvalue weighted by atomic mass is 9.85. The van der Waals surface area contributed by atoms with Gasteiger partial charge < -0.3 is 19.9 Å². The fraction of sp³-hybridized carbons (Fsp3) is 0.600. The largest absolute Gasteiger partial charge is 0.487 e. The number of nitrogen functional groups attached to an aromatic ring is 1. The highest BCUT2D eigenvalue weighted by Gasteiger charge is 2.40. The molecule has 0 radical (unpaired) electrons. The van der Waals surface area contributed by atoms with Crippen molar-refractivity contribution >= 4 is 5.69 Å². The number of benzene rings is 1. The second-order valence-corrected chi connectivity index (χ2v) is 5.57. The molecule has 0 aromatic heterocycles. The second-order valence-electron chi connectivity index (χ2n) is 5.57. The van der Waals surface area contributed by atoms with Gasteiger partial charge in [-0.1, -0.05) is 0 Å². The summed E-state index contributed by atoms with van der Waals surface area (Å²) in [6.45, 7) is 2.10. The first-order valence-corrected chi connectivity index (χ1v) is 7.10. The van der Waals surface area contributed by atoms with Crippen LogP contribution in [-0.4, -0.2) is 31.5 Å². The van der Waals surface area contributed by atoms with Crippen LogP contribution in [0.25, 0.3) is 0 Å². The van der Waals surface area contributed by atoms with E-state index >= 15 is 0 Å². The smallest absolute Gasteiger partial charge is 0.167 e. The van der Waals surface area contributed by atoms with E-state index in [-0.39, 0.29) is 17.5 Å². The summed E-state index contributed by atoms with van der Waals surface area (Å²) in [6, 6.07) is 4.54. The van der Waals surface area contributed by atoms with E-state index in [1.807, 2.05) is 0 Å². The summed E-state index contributed by atoms with van der Waals surface area (Å²) in [5.41, 5.74) is 5.80. The molecule has 1 unspecified atom stereocenters. The van der Waals surface area contributed by atoms with E-state index in [4.69, 9.17) is 19.9 Å². The molecule has 0 saturated carbocycles. The zero-order valence-corrected chi connectivity index (χ0v) is 11.4. The van der Waals surface area contributed by atoms with Gasteiger partial charge in [-0.3, -0.25) is 0 Å². The molecule has 2 aliphatic heterocycles. The molecule has 4 nitrogen and oxygen atoms in total. The predicted molar refractivity (Wildman–Crippen MR) is 73.2 cm³/mol. The highest BCUT2D eigenvalue weighted by atomic mass is 19.1. The van der Waals surface area contributed by atoms with Crippen molar-refractivity contribution in [3.05, 3.63) is 24.0 Å². The van der Waals surface area contributed by atoms with Crippen molar-refractivity contribution in [2.24, 2.45) is 0 Å². The number of hydrogen-bond donors (Lipinski definition) is 1. The molecule has 2 aliphatic rings. The summed E-state index contributed by atoms with van der Waals surface area (Å²) >= 11 is 0. The predicted octanol–water partition coefficient (Wildman–Crippen LogP) is 2.51. The van der Waals surface area contributed by atoms with Gasteiger partial charge in [0.05, 0.1) is 12.2 Å². The zero-order valence-electron chi connectivity index (χ0n) is 11.4. The van der Waals surface area contributed by atoms with Crippen molar-refractivity contribution in [2.45, 2.75) is 37.4 Å². The van der Waals surface area contributed by atoms with Crippen molar-refractivity contribution in [2.75, 3.05) is 25.6 Å². The molecular formula is C15H20FNO3. The van der Waals surface area contributed by atoms with Crippen LogP contribution in [-0.2, 0) is 9.47 Å². The highest BCUT2D eigenvalue weighted by Crippen LogP contribution is 2.36. The van der Waals surface area contributed by atoms with Crippen LogP contribution in [0.3, 0.4) is 0 Å². The van der Waals surface area contributed by atoms with Crippen LogP contribution in [0.4, 0.5) is 10.1 Å². The second kappa shape index (κ2) is 5.58. The van der Waals surface area contributed by atoms with Gasteiger partial charge in [-0.2, -0.15) is 0 Å². The van der Waals surface area contributed by atoms with Gasteiger partial charge >= 0.3 is 0 Å². The van der Waals surface area contributed by atoms with Crippen LogP contribution in [0.15, 0.2) is 18.2 Å². The lowest BCUT2D eigenvalue weighted by molar-refractivity contribution is -0.155. The third-order valence-corrected chi connectivity index (χ3v) is 4.10. The fourth-order valence-electron chi connectivity index (χ4n) is 2.97. The van der Waals surface area contributed by atoms with Crippen LogP contribution < -0.4 is 10.5 Å². The molecule has 2 N–H and O–H groups in total. The number of ether oxygens (including phenoxy) is 3. The molecule has 1 aromatic carbocycles. The van der Waals surface area contributed by atoms with Crippen molar-refractivity contribution < 1.29 is 18.6 Å². The SMILES string of the molecule is Nc1ccc(OC2CCOC3(CCOCC3)C2)c(F)c1. The molecule has 1 aromatic rings. The molecule has 0 bridgehead atoms. The number of anilines is 1. The highest BCUT2D eigenvalue weighted by molar-refractivity contribution is 5.42. The number of rotatable bonds is 2. The Morgan fingerprint density at radius 1 is 1.25 bits per heavy atom. The Hall–Kier alpha value is -1.33. The zero-order chi connectivity index (χ0) is 14.0. The lowest BCUT2D eigenvalue weighted by Crippen LogP contribution is -2.47. The van der Waals surface area contributed by atoms with Crippen LogP contribution in [0.5, 0.6) is 5.75 Å². The van der Waals surface area contributed by atoms with Crippen LogP contribution in [0, 0.1) is 5.82 Å². The molecule has 3 rings (SSSR count). The summed E-state index contributed by atoms with van der Waals surface area (Å²) in [5, 5.41) is 0. The Bertz CT molecular complexity index is 469. The molecule has 2 saturated heterocycles. The van der Waals surface area contributed by atoms with E-state index in [0.29, 0.717) is 12.3 Å². The third kappa shape index (κ3) is 2.88. The van der Waals surface area contributed by atoms with Crippen molar-refractivity contribution in [3.63, 3.8) is 0 Å². The molecule has 110 valence electrons. The van der Waals surface area contributed by atoms with Crippen LogP contribution >= 0.6 is 0 Å². The normalized spacial score (nSPS) is 25.6. The summed E-state index contributed by atoms with van der Waals surface area (Å²) in [4.78, 5) is 0. The molecule has 2 fully saturated rings. The molecule has 0 aliphatic carbocycles. The lowest BCUT2D eigenvalue weighted by Gasteiger charge is -2.43. The number of halogens is 1. The van der Waals surface area contributed by atoms with E-state index < -0.39 is 5.82 Å². The first-order chi connectivity index (χ1) is 9.67. The Kier molecular flexibility index (Phi) is 3.81. The van der Waals surface area contributed by atoms with Crippen LogP contribution in [0.1, 0.15) is 25.7 Å². The van der Waals surface area contributed by atoms with E-state index in [1.54, 1.807) is 12.1 Å². The van der Waals surface area contributed by atoms with Crippen molar-refractivity contribution in [1.82, 2.24) is 0 Å². The summed E-state index contributed by atoms with van der Waals surface area (Å²) < 4.78 is 30.9. The maximum atomic E-state index is 13.8. The van der Waals surface area contributed by atoms with Crippen LogP contribution in [0.2, 0.25) is 0 Å². The summed E-state index contributed by atoms with van der Waals surface area (Å²) in [6.07, 6.45) is 3.33. The van der Waals surface area contributed by atoms with E-state index in [1.165, 1.54) is 6.07 Å². The topological polar surface area (TPSA) is 53.7 Å².